The minimum Gasteiger partial charge on any atom is -0.497 e. The van der Waals surface area contributed by atoms with Crippen LogP contribution in [0.2, 0.25) is 0 Å². The molecule has 0 aliphatic carbocycles. The lowest BCUT2D eigenvalue weighted by Crippen LogP contribution is -2.49. The van der Waals surface area contributed by atoms with E-state index >= 15 is 0 Å². The second-order valence-corrected chi connectivity index (χ2v) is 9.04. The molecule has 1 aliphatic rings. The van der Waals surface area contributed by atoms with Crippen molar-refractivity contribution in [1.82, 2.24) is 14.5 Å². The second-order valence-electron chi connectivity index (χ2n) is 8.10. The number of hydrogen-bond acceptors (Lipinski definition) is 5. The Morgan fingerprint density at radius 1 is 1.03 bits per heavy atom. The number of aryl methyl sites for hydroxylation is 1. The van der Waals surface area contributed by atoms with Gasteiger partial charge in [0.05, 0.1) is 23.9 Å². The number of unbranched alkanes of at least 4 members (excludes halogenated alkanes) is 2. The normalized spacial score (nSPS) is 14.2. The summed E-state index contributed by atoms with van der Waals surface area (Å²) in [6, 6.07) is 16.4. The fourth-order valence-electron chi connectivity index (χ4n) is 4.12. The number of thioether (sulfide) groups is 1. The first-order valence-corrected chi connectivity index (χ1v) is 12.4. The summed E-state index contributed by atoms with van der Waals surface area (Å²) < 4.78 is 7.53. The number of aromatic nitrogens is 2. The van der Waals surface area contributed by atoms with Crippen molar-refractivity contribution in [1.29, 1.82) is 0 Å². The number of carbonyl (C=O) groups excluding carboxylic acids is 1. The molecule has 0 atom stereocenters. The Kier molecular flexibility index (Phi) is 7.58. The zero-order chi connectivity index (χ0) is 22.3. The highest BCUT2D eigenvalue weighted by Gasteiger charge is 2.22. The molecular weight excluding hydrogens is 420 g/mol. The molecule has 170 valence electrons. The van der Waals surface area contributed by atoms with Crippen molar-refractivity contribution in [3.63, 3.8) is 0 Å². The van der Waals surface area contributed by atoms with Gasteiger partial charge in [-0.25, -0.2) is 4.98 Å². The number of anilines is 1. The molecule has 1 fully saturated rings. The largest absolute Gasteiger partial charge is 0.497 e. The first kappa shape index (κ1) is 22.5. The van der Waals surface area contributed by atoms with Gasteiger partial charge in [0.15, 0.2) is 5.16 Å². The molecule has 0 radical (unpaired) electrons. The molecule has 0 spiro atoms. The average Bonchev–Trinajstić information content (AvgIpc) is 3.20. The van der Waals surface area contributed by atoms with Gasteiger partial charge in [-0.2, -0.15) is 0 Å². The fraction of sp³-hybridized carbons (Fsp3) is 0.440. The number of ether oxygens (including phenoxy) is 1. The third-order valence-electron chi connectivity index (χ3n) is 6.00. The van der Waals surface area contributed by atoms with E-state index in [1.54, 1.807) is 18.9 Å². The zero-order valence-corrected chi connectivity index (χ0v) is 19.8. The summed E-state index contributed by atoms with van der Waals surface area (Å²) in [5.41, 5.74) is 3.34. The topological polar surface area (TPSA) is 50.6 Å². The van der Waals surface area contributed by atoms with Crippen LogP contribution in [0.5, 0.6) is 5.75 Å². The second kappa shape index (κ2) is 10.8. The maximum Gasteiger partial charge on any atom is 0.233 e. The van der Waals surface area contributed by atoms with Gasteiger partial charge in [0.25, 0.3) is 0 Å². The Labute approximate surface area is 194 Å². The Bertz CT molecular complexity index is 1030. The van der Waals surface area contributed by atoms with Crippen LogP contribution >= 0.6 is 11.8 Å². The fourth-order valence-corrected chi connectivity index (χ4v) is 5.07. The van der Waals surface area contributed by atoms with Crippen LogP contribution in [0.3, 0.4) is 0 Å². The van der Waals surface area contributed by atoms with E-state index in [0.29, 0.717) is 5.75 Å². The van der Waals surface area contributed by atoms with Gasteiger partial charge >= 0.3 is 0 Å². The van der Waals surface area contributed by atoms with Crippen molar-refractivity contribution in [3.05, 3.63) is 48.5 Å². The maximum absolute atomic E-state index is 12.9. The van der Waals surface area contributed by atoms with Crippen LogP contribution in [0.4, 0.5) is 5.69 Å². The summed E-state index contributed by atoms with van der Waals surface area (Å²) in [6.07, 6.45) is 3.52. The van der Waals surface area contributed by atoms with Crippen LogP contribution in [0, 0.1) is 0 Å². The summed E-state index contributed by atoms with van der Waals surface area (Å²) >= 11 is 1.57. The number of methoxy groups -OCH3 is 1. The van der Waals surface area contributed by atoms with Crippen LogP contribution < -0.4 is 9.64 Å². The zero-order valence-electron chi connectivity index (χ0n) is 19.0. The number of fused-ring (bicyclic) bond motifs is 1. The SMILES string of the molecule is CCCCCn1c(SCC(=O)N2CCN(c3ccc(OC)cc3)CC2)nc2ccccc21. The predicted molar refractivity (Wildman–Crippen MR) is 132 cm³/mol. The van der Waals surface area contributed by atoms with Gasteiger partial charge in [0.1, 0.15) is 5.75 Å². The number of carbonyl (C=O) groups is 1. The molecule has 2 heterocycles. The van der Waals surface area contributed by atoms with E-state index in [1.807, 2.05) is 23.1 Å². The van der Waals surface area contributed by atoms with Crippen molar-refractivity contribution in [3.8, 4) is 5.75 Å². The molecule has 2 aromatic carbocycles. The van der Waals surface area contributed by atoms with Gasteiger partial charge in [-0.05, 0) is 42.8 Å². The molecule has 0 N–H and O–H groups in total. The quantitative estimate of drug-likeness (QED) is 0.349. The van der Waals surface area contributed by atoms with Crippen LogP contribution in [0.1, 0.15) is 26.2 Å². The Morgan fingerprint density at radius 2 is 1.78 bits per heavy atom. The summed E-state index contributed by atoms with van der Waals surface area (Å²) in [5, 5.41) is 0.951. The van der Waals surface area contributed by atoms with Crippen molar-refractivity contribution in [2.24, 2.45) is 0 Å². The smallest absolute Gasteiger partial charge is 0.233 e. The van der Waals surface area contributed by atoms with E-state index in [1.165, 1.54) is 18.5 Å². The highest BCUT2D eigenvalue weighted by atomic mass is 32.2. The molecule has 6 nitrogen and oxygen atoms in total. The number of rotatable bonds is 9. The van der Waals surface area contributed by atoms with Crippen molar-refractivity contribution < 1.29 is 9.53 Å². The molecule has 0 unspecified atom stereocenters. The Balaban J connectivity index is 1.34. The number of hydrogen-bond donors (Lipinski definition) is 0. The number of piperazine rings is 1. The predicted octanol–water partition coefficient (Wildman–Crippen LogP) is 4.68. The van der Waals surface area contributed by atoms with Crippen LogP contribution in [-0.4, -0.2) is 59.4 Å². The van der Waals surface area contributed by atoms with E-state index < -0.39 is 0 Å². The molecule has 3 aromatic rings. The summed E-state index contributed by atoms with van der Waals surface area (Å²) in [6.45, 7) is 6.35. The maximum atomic E-state index is 12.9. The number of nitrogens with zero attached hydrogens (tertiary/aromatic N) is 4. The van der Waals surface area contributed by atoms with Crippen LogP contribution in [0.15, 0.2) is 53.7 Å². The minimum absolute atomic E-state index is 0.191. The number of imidazole rings is 1. The lowest BCUT2D eigenvalue weighted by Gasteiger charge is -2.36. The standard InChI is InChI=1S/C25H32N4O2S/c1-3-4-7-14-29-23-9-6-5-8-22(23)26-25(29)32-19-24(30)28-17-15-27(16-18-28)20-10-12-21(31-2)13-11-20/h5-6,8-13H,3-4,7,14-19H2,1-2H3. The van der Waals surface area contributed by atoms with Gasteiger partial charge in [-0.3, -0.25) is 4.79 Å². The van der Waals surface area contributed by atoms with Gasteiger partial charge in [0.2, 0.25) is 5.91 Å². The Hall–Kier alpha value is -2.67. The third-order valence-corrected chi connectivity index (χ3v) is 6.96. The first-order chi connectivity index (χ1) is 15.7. The molecule has 0 saturated carbocycles. The van der Waals surface area contributed by atoms with Gasteiger partial charge in [-0.15, -0.1) is 0 Å². The van der Waals surface area contributed by atoms with Crippen LogP contribution in [-0.2, 0) is 11.3 Å². The van der Waals surface area contributed by atoms with Crippen molar-refractivity contribution in [2.45, 2.75) is 37.9 Å². The number of amides is 1. The number of benzene rings is 2. The van der Waals surface area contributed by atoms with Gasteiger partial charge in [0, 0.05) is 38.4 Å². The molecule has 1 aromatic heterocycles. The third kappa shape index (κ3) is 5.21. The highest BCUT2D eigenvalue weighted by molar-refractivity contribution is 7.99. The summed E-state index contributed by atoms with van der Waals surface area (Å²) in [5.74, 6) is 1.48. The molecule has 1 saturated heterocycles. The summed E-state index contributed by atoms with van der Waals surface area (Å²) in [4.78, 5) is 22.0. The molecule has 0 bridgehead atoms. The van der Waals surface area contributed by atoms with Gasteiger partial charge < -0.3 is 19.1 Å². The molecule has 4 rings (SSSR count). The molecule has 1 amide bonds. The van der Waals surface area contributed by atoms with E-state index in [0.717, 1.165) is 61.1 Å². The Morgan fingerprint density at radius 3 is 2.50 bits per heavy atom. The average molecular weight is 453 g/mol. The monoisotopic (exact) mass is 452 g/mol. The first-order valence-electron chi connectivity index (χ1n) is 11.4. The molecule has 32 heavy (non-hydrogen) atoms. The van der Waals surface area contributed by atoms with E-state index in [2.05, 4.69) is 46.7 Å². The lowest BCUT2D eigenvalue weighted by atomic mass is 10.2. The van der Waals surface area contributed by atoms with E-state index in [4.69, 9.17) is 9.72 Å². The highest BCUT2D eigenvalue weighted by Crippen LogP contribution is 2.26. The van der Waals surface area contributed by atoms with E-state index in [-0.39, 0.29) is 5.91 Å². The molecule has 7 heteroatoms. The van der Waals surface area contributed by atoms with Crippen LogP contribution in [0.25, 0.3) is 11.0 Å². The molecular formula is C25H32N4O2S. The van der Waals surface area contributed by atoms with Crippen molar-refractivity contribution >= 4 is 34.4 Å². The summed E-state index contributed by atoms with van der Waals surface area (Å²) in [7, 11) is 1.68. The van der Waals surface area contributed by atoms with E-state index in [9.17, 15) is 4.79 Å². The number of para-hydroxylation sites is 2. The van der Waals surface area contributed by atoms with Gasteiger partial charge in [-0.1, -0.05) is 43.7 Å². The lowest BCUT2D eigenvalue weighted by molar-refractivity contribution is -0.128. The van der Waals surface area contributed by atoms with Crippen molar-refractivity contribution in [2.75, 3.05) is 43.9 Å². The molecule has 1 aliphatic heterocycles. The minimum atomic E-state index is 0.191.